The smallest absolute Gasteiger partial charge is 0.255 e. The molecule has 27 heavy (non-hydrogen) atoms. The third-order valence-corrected chi connectivity index (χ3v) is 6.16. The van der Waals surface area contributed by atoms with Crippen LogP contribution >= 0.6 is 0 Å². The van der Waals surface area contributed by atoms with Gasteiger partial charge < -0.3 is 4.90 Å². The summed E-state index contributed by atoms with van der Waals surface area (Å²) in [5.41, 5.74) is 3.05. The zero-order valence-electron chi connectivity index (χ0n) is 16.2. The van der Waals surface area contributed by atoms with Crippen LogP contribution < -0.4 is 5.32 Å². The van der Waals surface area contributed by atoms with Crippen LogP contribution in [0, 0.1) is 0 Å². The molecule has 2 fully saturated rings. The molecule has 2 saturated heterocycles. The molecular weight excluding hydrogens is 342 g/mol. The number of rotatable bonds is 2. The van der Waals surface area contributed by atoms with E-state index in [0.717, 1.165) is 25.1 Å². The average molecular weight is 369 g/mol. The largest absolute Gasteiger partial charge is 0.322 e. The second-order valence-corrected chi connectivity index (χ2v) is 8.92. The summed E-state index contributed by atoms with van der Waals surface area (Å²) in [6.45, 7) is 9.23. The lowest BCUT2D eigenvalue weighted by atomic mass is 9.95. The Hall–Kier alpha value is -2.21. The fraction of sp³-hybridized carbons (Fsp3) is 0.571. The maximum atomic E-state index is 13.0. The molecule has 0 saturated carbocycles. The minimum Gasteiger partial charge on any atom is -0.322 e. The molecule has 0 aromatic heterocycles. The van der Waals surface area contributed by atoms with Gasteiger partial charge in [-0.1, -0.05) is 12.1 Å². The minimum absolute atomic E-state index is 0.0907. The normalized spacial score (nSPS) is 26.5. The first-order chi connectivity index (χ1) is 12.7. The Morgan fingerprint density at radius 2 is 1.89 bits per heavy atom. The quantitative estimate of drug-likeness (QED) is 0.810. The topological polar surface area (TPSA) is 69.7 Å². The van der Waals surface area contributed by atoms with Gasteiger partial charge in [-0.05, 0) is 63.3 Å². The van der Waals surface area contributed by atoms with Crippen molar-refractivity contribution in [2.45, 2.75) is 64.1 Å². The number of imide groups is 1. The number of amides is 3. The van der Waals surface area contributed by atoms with Gasteiger partial charge in [-0.15, -0.1) is 0 Å². The summed E-state index contributed by atoms with van der Waals surface area (Å²) in [6, 6.07) is 5.65. The summed E-state index contributed by atoms with van der Waals surface area (Å²) in [4.78, 5) is 40.6. The van der Waals surface area contributed by atoms with E-state index in [1.165, 1.54) is 5.56 Å². The van der Waals surface area contributed by atoms with Gasteiger partial charge in [-0.2, -0.15) is 0 Å². The lowest BCUT2D eigenvalue weighted by molar-refractivity contribution is -0.136. The van der Waals surface area contributed by atoms with Gasteiger partial charge >= 0.3 is 0 Å². The fourth-order valence-electron chi connectivity index (χ4n) is 4.47. The number of hydrogen-bond acceptors (Lipinski definition) is 4. The van der Waals surface area contributed by atoms with E-state index in [9.17, 15) is 14.4 Å². The maximum absolute atomic E-state index is 13.0. The second kappa shape index (κ2) is 6.44. The molecular formula is C21H27N3O3. The molecule has 0 aliphatic carbocycles. The lowest BCUT2D eigenvalue weighted by Crippen LogP contribution is -2.52. The molecule has 1 aromatic carbocycles. The number of nitrogens with one attached hydrogen (secondary N) is 1. The summed E-state index contributed by atoms with van der Waals surface area (Å²) in [7, 11) is 0. The van der Waals surface area contributed by atoms with Gasteiger partial charge in [0.05, 0.1) is 0 Å². The highest BCUT2D eigenvalue weighted by Crippen LogP contribution is 2.35. The molecule has 0 radical (unpaired) electrons. The Morgan fingerprint density at radius 3 is 2.56 bits per heavy atom. The molecule has 3 heterocycles. The van der Waals surface area contributed by atoms with Crippen molar-refractivity contribution in [2.75, 3.05) is 13.1 Å². The van der Waals surface area contributed by atoms with E-state index in [1.54, 1.807) is 4.90 Å². The van der Waals surface area contributed by atoms with Crippen molar-refractivity contribution in [2.24, 2.45) is 0 Å². The molecule has 3 aliphatic heterocycles. The highest BCUT2D eigenvalue weighted by molar-refractivity contribution is 6.05. The van der Waals surface area contributed by atoms with Crippen LogP contribution in [0.5, 0.6) is 0 Å². The van der Waals surface area contributed by atoms with Gasteiger partial charge in [0.15, 0.2) is 0 Å². The fourth-order valence-corrected chi connectivity index (χ4v) is 4.47. The predicted octanol–water partition coefficient (Wildman–Crippen LogP) is 2.04. The molecule has 6 heteroatoms. The van der Waals surface area contributed by atoms with E-state index >= 15 is 0 Å². The Kier molecular flexibility index (Phi) is 4.34. The zero-order chi connectivity index (χ0) is 19.3. The van der Waals surface area contributed by atoms with Gasteiger partial charge in [0.1, 0.15) is 6.04 Å². The number of carbonyl (C=O) groups excluding carboxylic acids is 3. The second-order valence-electron chi connectivity index (χ2n) is 8.92. The lowest BCUT2D eigenvalue weighted by Gasteiger charge is -2.31. The van der Waals surface area contributed by atoms with Gasteiger partial charge in [0, 0.05) is 30.6 Å². The predicted molar refractivity (Wildman–Crippen MR) is 101 cm³/mol. The van der Waals surface area contributed by atoms with Crippen LogP contribution in [-0.4, -0.2) is 52.2 Å². The minimum atomic E-state index is -0.547. The van der Waals surface area contributed by atoms with E-state index in [2.05, 4.69) is 37.1 Å². The third kappa shape index (κ3) is 3.27. The molecule has 4 rings (SSSR count). The first-order valence-corrected chi connectivity index (χ1v) is 9.76. The molecule has 2 unspecified atom stereocenters. The number of carbonyl (C=O) groups is 3. The summed E-state index contributed by atoms with van der Waals surface area (Å²) >= 11 is 0. The van der Waals surface area contributed by atoms with E-state index in [0.29, 0.717) is 24.4 Å². The Balaban J connectivity index is 1.52. The number of likely N-dealkylation sites (tertiary alicyclic amines) is 1. The molecule has 3 aliphatic rings. The number of piperidine rings is 1. The molecule has 1 N–H and O–H groups in total. The molecule has 6 nitrogen and oxygen atoms in total. The van der Waals surface area contributed by atoms with Crippen LogP contribution in [0.25, 0.3) is 0 Å². The first kappa shape index (κ1) is 18.2. The first-order valence-electron chi connectivity index (χ1n) is 9.76. The summed E-state index contributed by atoms with van der Waals surface area (Å²) in [6.07, 6.45) is 1.79. The van der Waals surface area contributed by atoms with Crippen molar-refractivity contribution in [3.05, 3.63) is 34.9 Å². The molecule has 0 spiro atoms. The van der Waals surface area contributed by atoms with Crippen molar-refractivity contribution in [1.29, 1.82) is 0 Å². The standard InChI is InChI=1S/C21H27N3O3/c1-21(2,3)23-9-8-14(11-23)13-4-5-15-12-24(20(27)16(15)10-13)17-6-7-18(25)22-19(17)26/h4-5,10,14,17H,6-9,11-12H2,1-3H3,(H,22,25,26). The Morgan fingerprint density at radius 1 is 1.11 bits per heavy atom. The number of benzene rings is 1. The molecule has 144 valence electrons. The summed E-state index contributed by atoms with van der Waals surface area (Å²) in [5.74, 6) is -0.268. The van der Waals surface area contributed by atoms with Crippen molar-refractivity contribution >= 4 is 17.7 Å². The van der Waals surface area contributed by atoms with E-state index < -0.39 is 6.04 Å². The van der Waals surface area contributed by atoms with E-state index in [4.69, 9.17) is 0 Å². The summed E-state index contributed by atoms with van der Waals surface area (Å²) < 4.78 is 0. The van der Waals surface area contributed by atoms with Crippen molar-refractivity contribution in [3.63, 3.8) is 0 Å². The van der Waals surface area contributed by atoms with E-state index in [1.807, 2.05) is 12.1 Å². The maximum Gasteiger partial charge on any atom is 0.255 e. The molecule has 2 atom stereocenters. The van der Waals surface area contributed by atoms with E-state index in [-0.39, 0.29) is 29.7 Å². The van der Waals surface area contributed by atoms with Crippen molar-refractivity contribution in [3.8, 4) is 0 Å². The third-order valence-electron chi connectivity index (χ3n) is 6.16. The molecule has 1 aromatic rings. The van der Waals surface area contributed by atoms with Crippen LogP contribution in [0.1, 0.15) is 67.4 Å². The Labute approximate surface area is 159 Å². The zero-order valence-corrected chi connectivity index (χ0v) is 16.2. The number of fused-ring (bicyclic) bond motifs is 1. The van der Waals surface area contributed by atoms with Crippen LogP contribution in [0.4, 0.5) is 0 Å². The monoisotopic (exact) mass is 369 g/mol. The Bertz CT molecular complexity index is 811. The highest BCUT2D eigenvalue weighted by Gasteiger charge is 2.39. The SMILES string of the molecule is CC(C)(C)N1CCC(c2ccc3c(c2)C(=O)N(C2CCC(=O)NC2=O)C3)C1. The van der Waals surface area contributed by atoms with Crippen LogP contribution in [0.15, 0.2) is 18.2 Å². The van der Waals surface area contributed by atoms with Crippen LogP contribution in [0.3, 0.4) is 0 Å². The van der Waals surface area contributed by atoms with Gasteiger partial charge in [0.25, 0.3) is 5.91 Å². The average Bonchev–Trinajstić information content (AvgIpc) is 3.20. The van der Waals surface area contributed by atoms with Crippen LogP contribution in [0.2, 0.25) is 0 Å². The van der Waals surface area contributed by atoms with Crippen molar-refractivity contribution in [1.82, 2.24) is 15.1 Å². The number of hydrogen-bond donors (Lipinski definition) is 1. The summed E-state index contributed by atoms with van der Waals surface area (Å²) in [5, 5.41) is 2.35. The van der Waals surface area contributed by atoms with Gasteiger partial charge in [-0.25, -0.2) is 0 Å². The number of nitrogens with zero attached hydrogens (tertiary/aromatic N) is 2. The van der Waals surface area contributed by atoms with Crippen LogP contribution in [-0.2, 0) is 16.1 Å². The van der Waals surface area contributed by atoms with Gasteiger partial charge in [0.2, 0.25) is 11.8 Å². The highest BCUT2D eigenvalue weighted by atomic mass is 16.2. The van der Waals surface area contributed by atoms with Crippen molar-refractivity contribution < 1.29 is 14.4 Å². The molecule has 3 amide bonds. The molecule has 0 bridgehead atoms. The van der Waals surface area contributed by atoms with Gasteiger partial charge in [-0.3, -0.25) is 24.6 Å².